The first-order chi connectivity index (χ1) is 13.0. The second-order valence-electron chi connectivity index (χ2n) is 6.17. The van der Waals surface area contributed by atoms with Gasteiger partial charge in [0.15, 0.2) is 11.6 Å². The van der Waals surface area contributed by atoms with Gasteiger partial charge in [0.25, 0.3) is 0 Å². The summed E-state index contributed by atoms with van der Waals surface area (Å²) in [6.07, 6.45) is 2.60. The van der Waals surface area contributed by atoms with E-state index < -0.39 is 23.7 Å². The summed E-state index contributed by atoms with van der Waals surface area (Å²) in [5.41, 5.74) is 1.33. The molecule has 2 heterocycles. The van der Waals surface area contributed by atoms with Gasteiger partial charge in [0.05, 0.1) is 19.1 Å². The number of fused-ring (bicyclic) bond motifs is 1. The number of benzene rings is 1. The number of nitrogens with one attached hydrogen (secondary N) is 2. The lowest BCUT2D eigenvalue weighted by molar-refractivity contribution is -0.140. The first-order valence-corrected chi connectivity index (χ1v) is 8.60. The summed E-state index contributed by atoms with van der Waals surface area (Å²) < 4.78 is 32.7. The van der Waals surface area contributed by atoms with Crippen LogP contribution in [0, 0.1) is 11.6 Å². The monoisotopic (exact) mass is 378 g/mol. The number of aromatic amines is 1. The lowest BCUT2D eigenvalue weighted by Gasteiger charge is -2.35. The molecule has 0 saturated carbocycles. The Morgan fingerprint density at radius 1 is 1.41 bits per heavy atom. The third-order valence-corrected chi connectivity index (χ3v) is 4.52. The van der Waals surface area contributed by atoms with Gasteiger partial charge in [-0.05, 0) is 12.5 Å². The summed E-state index contributed by atoms with van der Waals surface area (Å²) in [6, 6.07) is 2.62. The molecule has 1 atom stereocenters. The second kappa shape index (κ2) is 8.15. The molecule has 1 aliphatic rings. The maximum absolute atomic E-state index is 14.4. The van der Waals surface area contributed by atoms with Crippen molar-refractivity contribution in [2.75, 3.05) is 20.2 Å². The van der Waals surface area contributed by atoms with Gasteiger partial charge in [-0.25, -0.2) is 18.6 Å². The Bertz CT molecular complexity index is 840. The van der Waals surface area contributed by atoms with Crippen molar-refractivity contribution in [1.82, 2.24) is 20.2 Å². The van der Waals surface area contributed by atoms with Crippen molar-refractivity contribution >= 4 is 12.0 Å². The molecule has 2 amide bonds. The van der Waals surface area contributed by atoms with E-state index in [9.17, 15) is 18.4 Å². The molecule has 0 spiro atoms. The van der Waals surface area contributed by atoms with Gasteiger partial charge in [0.1, 0.15) is 6.04 Å². The number of aromatic nitrogens is 2. The van der Waals surface area contributed by atoms with Crippen LogP contribution in [0.4, 0.5) is 13.6 Å². The van der Waals surface area contributed by atoms with Gasteiger partial charge in [-0.3, -0.25) is 4.79 Å². The van der Waals surface area contributed by atoms with Crippen molar-refractivity contribution in [3.8, 4) is 0 Å². The number of carbonyl (C=O) groups is 2. The van der Waals surface area contributed by atoms with Crippen molar-refractivity contribution in [3.63, 3.8) is 0 Å². The first kappa shape index (κ1) is 18.8. The largest absolute Gasteiger partial charge is 0.469 e. The first-order valence-electron chi connectivity index (χ1n) is 8.60. The third-order valence-electron chi connectivity index (χ3n) is 4.52. The molecule has 144 valence electrons. The van der Waals surface area contributed by atoms with Gasteiger partial charge >= 0.3 is 12.0 Å². The van der Waals surface area contributed by atoms with E-state index in [0.29, 0.717) is 25.1 Å². The number of imidazole rings is 1. The quantitative estimate of drug-likeness (QED) is 0.617. The number of ether oxygens (including phenoxy) is 1. The van der Waals surface area contributed by atoms with Crippen molar-refractivity contribution in [1.29, 1.82) is 0 Å². The summed E-state index contributed by atoms with van der Waals surface area (Å²) in [5.74, 6) is -2.33. The van der Waals surface area contributed by atoms with E-state index in [2.05, 4.69) is 20.0 Å². The van der Waals surface area contributed by atoms with Crippen LogP contribution in [0.5, 0.6) is 0 Å². The van der Waals surface area contributed by atoms with Crippen molar-refractivity contribution in [2.45, 2.75) is 25.3 Å². The van der Waals surface area contributed by atoms with E-state index in [-0.39, 0.29) is 24.5 Å². The molecule has 3 rings (SSSR count). The second-order valence-corrected chi connectivity index (χ2v) is 6.17. The number of hydrogen-bond donors (Lipinski definition) is 2. The number of hydrogen-bond acceptors (Lipinski definition) is 4. The molecule has 0 fully saturated rings. The van der Waals surface area contributed by atoms with Gasteiger partial charge < -0.3 is 19.9 Å². The van der Waals surface area contributed by atoms with Crippen molar-refractivity contribution in [3.05, 3.63) is 53.1 Å². The molecule has 0 bridgehead atoms. The number of amides is 2. The van der Waals surface area contributed by atoms with Gasteiger partial charge in [-0.1, -0.05) is 12.1 Å². The minimum atomic E-state index is -0.998. The van der Waals surface area contributed by atoms with Crippen LogP contribution in [0.2, 0.25) is 0 Å². The predicted molar refractivity (Wildman–Crippen MR) is 91.8 cm³/mol. The van der Waals surface area contributed by atoms with Crippen LogP contribution in [0.25, 0.3) is 0 Å². The van der Waals surface area contributed by atoms with Crippen molar-refractivity contribution in [2.24, 2.45) is 0 Å². The summed E-state index contributed by atoms with van der Waals surface area (Å²) in [6.45, 7) is 0.578. The standard InChI is InChI=1S/C18H20F2N4O3/c1-27-14(25)6-3-8-21-18(26)24-9-7-13-16(23-10-22-13)17(24)11-4-2-5-12(19)15(11)20/h2,4-5,10,17H,3,6-9H2,1H3,(H,21,26)(H,22,23)/t17-/m0/s1. The van der Waals surface area contributed by atoms with Crippen LogP contribution in [-0.4, -0.2) is 47.1 Å². The highest BCUT2D eigenvalue weighted by molar-refractivity contribution is 5.76. The number of esters is 1. The van der Waals surface area contributed by atoms with E-state index in [1.165, 1.54) is 30.5 Å². The van der Waals surface area contributed by atoms with E-state index in [1.54, 1.807) is 0 Å². The molecule has 1 aromatic heterocycles. The topological polar surface area (TPSA) is 87.3 Å². The Hall–Kier alpha value is -2.97. The average molecular weight is 378 g/mol. The van der Waals surface area contributed by atoms with Gasteiger partial charge in [-0.15, -0.1) is 0 Å². The summed E-state index contributed by atoms with van der Waals surface area (Å²) in [4.78, 5) is 32.4. The molecule has 0 radical (unpaired) electrons. The third kappa shape index (κ3) is 3.91. The SMILES string of the molecule is COC(=O)CCCNC(=O)N1CCc2[nH]cnc2[C@@H]1c1cccc(F)c1F. The molecule has 7 nitrogen and oxygen atoms in total. The number of methoxy groups -OCH3 is 1. The molecule has 9 heteroatoms. The van der Waals surface area contributed by atoms with E-state index in [1.807, 2.05) is 0 Å². The Balaban J connectivity index is 1.80. The molecule has 1 aromatic carbocycles. The molecule has 2 aromatic rings. The zero-order valence-corrected chi connectivity index (χ0v) is 14.8. The Morgan fingerprint density at radius 2 is 2.22 bits per heavy atom. The fourth-order valence-corrected chi connectivity index (χ4v) is 3.17. The molecule has 0 unspecified atom stereocenters. The zero-order valence-electron chi connectivity index (χ0n) is 14.8. The number of rotatable bonds is 5. The highest BCUT2D eigenvalue weighted by Gasteiger charge is 2.36. The zero-order chi connectivity index (χ0) is 19.4. The lowest BCUT2D eigenvalue weighted by Crippen LogP contribution is -2.46. The van der Waals surface area contributed by atoms with E-state index in [0.717, 1.165) is 11.8 Å². The van der Waals surface area contributed by atoms with Crippen molar-refractivity contribution < 1.29 is 23.1 Å². The summed E-state index contributed by atoms with van der Waals surface area (Å²) >= 11 is 0. The Morgan fingerprint density at radius 3 is 3.00 bits per heavy atom. The number of urea groups is 1. The van der Waals surface area contributed by atoms with Gasteiger partial charge in [0.2, 0.25) is 0 Å². The van der Waals surface area contributed by atoms with Crippen LogP contribution in [0.3, 0.4) is 0 Å². The minimum absolute atomic E-state index is 0.0489. The van der Waals surface area contributed by atoms with Crippen LogP contribution in [0.15, 0.2) is 24.5 Å². The molecule has 2 N–H and O–H groups in total. The van der Waals surface area contributed by atoms with E-state index >= 15 is 0 Å². The minimum Gasteiger partial charge on any atom is -0.469 e. The maximum Gasteiger partial charge on any atom is 0.318 e. The molecule has 1 aliphatic heterocycles. The summed E-state index contributed by atoms with van der Waals surface area (Å²) in [5, 5.41) is 2.71. The number of nitrogens with zero attached hydrogens (tertiary/aromatic N) is 2. The van der Waals surface area contributed by atoms with Gasteiger partial charge in [0, 0.05) is 37.2 Å². The average Bonchev–Trinajstić information content (AvgIpc) is 3.15. The fourth-order valence-electron chi connectivity index (χ4n) is 3.17. The Kier molecular flexibility index (Phi) is 5.68. The molecule has 27 heavy (non-hydrogen) atoms. The van der Waals surface area contributed by atoms with Crippen LogP contribution in [0.1, 0.15) is 35.8 Å². The smallest absolute Gasteiger partial charge is 0.318 e. The fraction of sp³-hybridized carbons (Fsp3) is 0.389. The Labute approximate surface area is 154 Å². The lowest BCUT2D eigenvalue weighted by atomic mass is 9.95. The van der Waals surface area contributed by atoms with Crippen LogP contribution < -0.4 is 5.32 Å². The van der Waals surface area contributed by atoms with Crippen LogP contribution in [-0.2, 0) is 16.0 Å². The number of H-pyrrole nitrogens is 1. The van der Waals surface area contributed by atoms with Crippen LogP contribution >= 0.6 is 0 Å². The molecule has 0 aliphatic carbocycles. The van der Waals surface area contributed by atoms with E-state index in [4.69, 9.17) is 0 Å². The highest BCUT2D eigenvalue weighted by atomic mass is 19.2. The summed E-state index contributed by atoms with van der Waals surface area (Å²) in [7, 11) is 1.30. The molecular weight excluding hydrogens is 358 g/mol. The normalized spacial score (nSPS) is 16.0. The highest BCUT2D eigenvalue weighted by Crippen LogP contribution is 2.35. The predicted octanol–water partition coefficient (Wildman–Crippen LogP) is 2.30. The molecular formula is C18H20F2N4O3. The maximum atomic E-state index is 14.4. The number of halogens is 2. The van der Waals surface area contributed by atoms with Gasteiger partial charge in [-0.2, -0.15) is 0 Å². The molecule has 0 saturated heterocycles. The number of carbonyl (C=O) groups excluding carboxylic acids is 2.